The number of rotatable bonds is 7. The SMILES string of the molecule is CC(OC(=O)c1ccccc1SCc1cscn1)C(=O)N1CCN(c2ccccc2)CC1. The normalized spacial score (nSPS) is 14.8. The summed E-state index contributed by atoms with van der Waals surface area (Å²) in [5.41, 5.74) is 4.40. The van der Waals surface area contributed by atoms with Crippen LogP contribution < -0.4 is 4.90 Å². The van der Waals surface area contributed by atoms with E-state index in [-0.39, 0.29) is 5.91 Å². The molecule has 8 heteroatoms. The first-order chi connectivity index (χ1) is 15.6. The van der Waals surface area contributed by atoms with Gasteiger partial charge in [0.15, 0.2) is 6.10 Å². The molecule has 1 aromatic heterocycles. The predicted octanol–water partition coefficient (Wildman–Crippen LogP) is 4.33. The van der Waals surface area contributed by atoms with E-state index < -0.39 is 12.1 Å². The van der Waals surface area contributed by atoms with E-state index in [4.69, 9.17) is 4.74 Å². The Kier molecular flexibility index (Phi) is 7.44. The highest BCUT2D eigenvalue weighted by Gasteiger charge is 2.28. The summed E-state index contributed by atoms with van der Waals surface area (Å²) in [5.74, 6) is 0.0438. The van der Waals surface area contributed by atoms with E-state index in [1.807, 2.05) is 35.7 Å². The number of nitrogens with zero attached hydrogens (tertiary/aromatic N) is 3. The summed E-state index contributed by atoms with van der Waals surface area (Å²) in [7, 11) is 0. The van der Waals surface area contributed by atoms with Gasteiger partial charge in [0.1, 0.15) is 0 Å². The molecule has 1 amide bonds. The van der Waals surface area contributed by atoms with Crippen LogP contribution in [0.3, 0.4) is 0 Å². The van der Waals surface area contributed by atoms with Gasteiger partial charge in [-0.15, -0.1) is 23.1 Å². The van der Waals surface area contributed by atoms with Gasteiger partial charge in [-0.05, 0) is 31.2 Å². The van der Waals surface area contributed by atoms with Gasteiger partial charge in [0.2, 0.25) is 0 Å². The van der Waals surface area contributed by atoms with Gasteiger partial charge in [0, 0.05) is 47.9 Å². The molecule has 6 nitrogen and oxygen atoms in total. The lowest BCUT2D eigenvalue weighted by Crippen LogP contribution is -2.51. The van der Waals surface area contributed by atoms with E-state index in [9.17, 15) is 9.59 Å². The molecule has 1 fully saturated rings. The van der Waals surface area contributed by atoms with Gasteiger partial charge in [-0.2, -0.15) is 0 Å². The van der Waals surface area contributed by atoms with Gasteiger partial charge < -0.3 is 14.5 Å². The predicted molar refractivity (Wildman–Crippen MR) is 128 cm³/mol. The van der Waals surface area contributed by atoms with Crippen molar-refractivity contribution in [2.45, 2.75) is 23.7 Å². The number of amides is 1. The number of carbonyl (C=O) groups excluding carboxylic acids is 2. The maximum absolute atomic E-state index is 12.9. The zero-order chi connectivity index (χ0) is 22.3. The average molecular weight is 468 g/mol. The molecule has 0 aliphatic carbocycles. The third kappa shape index (κ3) is 5.49. The molecule has 166 valence electrons. The molecule has 2 aromatic carbocycles. The van der Waals surface area contributed by atoms with E-state index in [1.165, 1.54) is 11.8 Å². The molecule has 0 N–H and O–H groups in total. The van der Waals surface area contributed by atoms with Crippen molar-refractivity contribution in [3.05, 3.63) is 76.7 Å². The first-order valence-corrected chi connectivity index (χ1v) is 12.4. The number of thioether (sulfide) groups is 1. The van der Waals surface area contributed by atoms with Gasteiger partial charge in [0.25, 0.3) is 5.91 Å². The van der Waals surface area contributed by atoms with E-state index in [0.717, 1.165) is 29.4 Å². The molecule has 2 heterocycles. The number of esters is 1. The van der Waals surface area contributed by atoms with Gasteiger partial charge >= 0.3 is 5.97 Å². The Morgan fingerprint density at radius 3 is 2.50 bits per heavy atom. The van der Waals surface area contributed by atoms with E-state index in [2.05, 4.69) is 22.0 Å². The van der Waals surface area contributed by atoms with Crippen molar-refractivity contribution in [3.63, 3.8) is 0 Å². The molecule has 1 saturated heterocycles. The first-order valence-electron chi connectivity index (χ1n) is 10.5. The summed E-state index contributed by atoms with van der Waals surface area (Å²) < 4.78 is 5.57. The number of anilines is 1. The largest absolute Gasteiger partial charge is 0.449 e. The van der Waals surface area contributed by atoms with Crippen molar-refractivity contribution in [2.75, 3.05) is 31.1 Å². The van der Waals surface area contributed by atoms with Crippen LogP contribution in [0.4, 0.5) is 5.69 Å². The van der Waals surface area contributed by atoms with Crippen LogP contribution in [0.2, 0.25) is 0 Å². The number of ether oxygens (including phenoxy) is 1. The molecular formula is C24H25N3O3S2. The minimum atomic E-state index is -0.831. The molecule has 0 saturated carbocycles. The summed E-state index contributed by atoms with van der Waals surface area (Å²) in [4.78, 5) is 34.9. The van der Waals surface area contributed by atoms with Crippen molar-refractivity contribution in [3.8, 4) is 0 Å². The van der Waals surface area contributed by atoms with Gasteiger partial charge in [-0.1, -0.05) is 30.3 Å². The third-order valence-electron chi connectivity index (χ3n) is 5.31. The Hall–Kier alpha value is -2.84. The van der Waals surface area contributed by atoms with Crippen LogP contribution >= 0.6 is 23.1 Å². The second-order valence-corrected chi connectivity index (χ2v) is 9.20. The van der Waals surface area contributed by atoms with E-state index in [1.54, 1.807) is 40.8 Å². The highest BCUT2D eigenvalue weighted by molar-refractivity contribution is 7.98. The van der Waals surface area contributed by atoms with Gasteiger partial charge in [-0.3, -0.25) is 4.79 Å². The molecule has 1 atom stereocenters. The fourth-order valence-electron chi connectivity index (χ4n) is 3.58. The molecule has 1 aliphatic heterocycles. The van der Waals surface area contributed by atoms with Crippen LogP contribution in [0.1, 0.15) is 23.0 Å². The summed E-state index contributed by atoms with van der Waals surface area (Å²) in [6, 6.07) is 17.5. The lowest BCUT2D eigenvalue weighted by atomic mass is 10.2. The molecule has 32 heavy (non-hydrogen) atoms. The quantitative estimate of drug-likeness (QED) is 0.381. The molecular weight excluding hydrogens is 442 g/mol. The fraction of sp³-hybridized carbons (Fsp3) is 0.292. The fourth-order valence-corrected chi connectivity index (χ4v) is 5.18. The number of aromatic nitrogens is 1. The maximum atomic E-state index is 12.9. The van der Waals surface area contributed by atoms with Crippen LogP contribution in [0.15, 0.2) is 70.4 Å². The molecule has 0 radical (unpaired) electrons. The lowest BCUT2D eigenvalue weighted by molar-refractivity contribution is -0.140. The Bertz CT molecular complexity index is 1040. The van der Waals surface area contributed by atoms with E-state index in [0.29, 0.717) is 24.4 Å². The standard InChI is InChI=1S/C24H25N3O3S2/c1-18(23(28)27-13-11-26(12-14-27)20-7-3-2-4-8-20)30-24(29)21-9-5-6-10-22(21)32-16-19-15-31-17-25-19/h2-10,15,17-18H,11-14,16H2,1H3. The highest BCUT2D eigenvalue weighted by atomic mass is 32.2. The number of para-hydroxylation sites is 1. The number of hydrogen-bond acceptors (Lipinski definition) is 7. The third-order valence-corrected chi connectivity index (χ3v) is 7.05. The van der Waals surface area contributed by atoms with Crippen LogP contribution in [-0.2, 0) is 15.3 Å². The van der Waals surface area contributed by atoms with Crippen molar-refractivity contribution < 1.29 is 14.3 Å². The van der Waals surface area contributed by atoms with Crippen molar-refractivity contribution in [1.29, 1.82) is 0 Å². The summed E-state index contributed by atoms with van der Waals surface area (Å²) in [5, 5.41) is 1.99. The highest BCUT2D eigenvalue weighted by Crippen LogP contribution is 2.27. The maximum Gasteiger partial charge on any atom is 0.340 e. The summed E-state index contributed by atoms with van der Waals surface area (Å²) in [6.45, 7) is 4.37. The van der Waals surface area contributed by atoms with Crippen LogP contribution in [0.5, 0.6) is 0 Å². The molecule has 1 unspecified atom stereocenters. The zero-order valence-corrected chi connectivity index (χ0v) is 19.5. The molecule has 0 spiro atoms. The number of hydrogen-bond donors (Lipinski definition) is 0. The minimum absolute atomic E-state index is 0.154. The topological polar surface area (TPSA) is 62.7 Å². The molecule has 1 aliphatic rings. The van der Waals surface area contributed by atoms with E-state index >= 15 is 0 Å². The van der Waals surface area contributed by atoms with Gasteiger partial charge in [-0.25, -0.2) is 9.78 Å². The van der Waals surface area contributed by atoms with Crippen LogP contribution in [0, 0.1) is 0 Å². The Balaban J connectivity index is 1.32. The van der Waals surface area contributed by atoms with Crippen molar-refractivity contribution >= 4 is 40.7 Å². The molecule has 3 aromatic rings. The zero-order valence-electron chi connectivity index (χ0n) is 17.8. The summed E-state index contributed by atoms with van der Waals surface area (Å²) >= 11 is 3.09. The van der Waals surface area contributed by atoms with Crippen LogP contribution in [0.25, 0.3) is 0 Å². The minimum Gasteiger partial charge on any atom is -0.449 e. The second kappa shape index (κ2) is 10.7. The Labute approximate surface area is 196 Å². The number of thiazole rings is 1. The molecule has 0 bridgehead atoms. The van der Waals surface area contributed by atoms with Gasteiger partial charge in [0.05, 0.1) is 16.8 Å². The number of piperazine rings is 1. The first kappa shape index (κ1) is 22.4. The monoisotopic (exact) mass is 467 g/mol. The Morgan fingerprint density at radius 2 is 1.78 bits per heavy atom. The van der Waals surface area contributed by atoms with Crippen molar-refractivity contribution in [1.82, 2.24) is 9.88 Å². The molecule has 4 rings (SSSR count). The van der Waals surface area contributed by atoms with Crippen LogP contribution in [-0.4, -0.2) is 54.0 Å². The number of benzene rings is 2. The Morgan fingerprint density at radius 1 is 1.06 bits per heavy atom. The van der Waals surface area contributed by atoms with Crippen molar-refractivity contribution in [2.24, 2.45) is 0 Å². The smallest absolute Gasteiger partial charge is 0.340 e. The second-order valence-electron chi connectivity index (χ2n) is 7.46. The lowest BCUT2D eigenvalue weighted by Gasteiger charge is -2.37. The average Bonchev–Trinajstić information content (AvgIpc) is 3.37. The summed E-state index contributed by atoms with van der Waals surface area (Å²) in [6.07, 6.45) is -0.831. The number of carbonyl (C=O) groups is 2.